The number of nitrogens with one attached hydrogen (secondary N) is 1. The van der Waals surface area contributed by atoms with Crippen molar-refractivity contribution >= 4 is 12.1 Å². The molecular weight excluding hydrogens is 272 g/mol. The lowest BCUT2D eigenvalue weighted by Gasteiger charge is -2.37. The van der Waals surface area contributed by atoms with Crippen LogP contribution in [-0.4, -0.2) is 53.3 Å². The average molecular weight is 300 g/mol. The Kier molecular flexibility index (Phi) is 6.45. The first-order valence-electron chi connectivity index (χ1n) is 7.63. The molecule has 2 N–H and O–H groups in total. The van der Waals surface area contributed by atoms with E-state index in [0.29, 0.717) is 12.5 Å². The van der Waals surface area contributed by atoms with Crippen LogP contribution < -0.4 is 5.32 Å². The summed E-state index contributed by atoms with van der Waals surface area (Å²) < 4.78 is 5.27. The minimum absolute atomic E-state index is 0.0205. The van der Waals surface area contributed by atoms with Crippen LogP contribution in [-0.2, 0) is 9.53 Å². The van der Waals surface area contributed by atoms with E-state index in [2.05, 4.69) is 12.2 Å². The largest absolute Gasteiger partial charge is 0.480 e. The van der Waals surface area contributed by atoms with E-state index < -0.39 is 17.7 Å². The van der Waals surface area contributed by atoms with Gasteiger partial charge >= 0.3 is 12.1 Å². The Morgan fingerprint density at radius 2 is 2.00 bits per heavy atom. The summed E-state index contributed by atoms with van der Waals surface area (Å²) in [5.74, 6) is -0.411. The molecule has 2 unspecified atom stereocenters. The number of carbonyl (C=O) groups excluding carboxylic acids is 1. The Balaban J connectivity index is 2.58. The molecule has 6 heteroatoms. The number of likely N-dealkylation sites (tertiary alicyclic amines) is 1. The molecule has 2 atom stereocenters. The molecule has 0 aromatic rings. The van der Waals surface area contributed by atoms with Crippen molar-refractivity contribution in [1.29, 1.82) is 0 Å². The number of piperidine rings is 1. The molecule has 0 saturated carbocycles. The Hall–Kier alpha value is -1.30. The fourth-order valence-corrected chi connectivity index (χ4v) is 2.82. The molecule has 0 aromatic heterocycles. The van der Waals surface area contributed by atoms with E-state index in [1.807, 2.05) is 25.7 Å². The first-order chi connectivity index (χ1) is 9.69. The van der Waals surface area contributed by atoms with Gasteiger partial charge in [-0.05, 0) is 39.5 Å². The molecule has 21 heavy (non-hydrogen) atoms. The van der Waals surface area contributed by atoms with Crippen LogP contribution >= 0.6 is 0 Å². The molecule has 1 amide bonds. The van der Waals surface area contributed by atoms with Gasteiger partial charge in [-0.2, -0.15) is 0 Å². The molecule has 0 aromatic carbocycles. The van der Waals surface area contributed by atoms with Crippen molar-refractivity contribution in [2.24, 2.45) is 5.92 Å². The molecule has 0 spiro atoms. The highest BCUT2D eigenvalue weighted by molar-refractivity contribution is 5.69. The second kappa shape index (κ2) is 7.64. The number of amides is 1. The Labute approximate surface area is 126 Å². The molecule has 6 nitrogen and oxygen atoms in total. The van der Waals surface area contributed by atoms with Gasteiger partial charge in [0.25, 0.3) is 0 Å². The first-order valence-corrected chi connectivity index (χ1v) is 7.63. The molecule has 0 aliphatic carbocycles. The molecule has 1 fully saturated rings. The summed E-state index contributed by atoms with van der Waals surface area (Å²) in [6.07, 6.45) is 2.55. The molecular formula is C15H28N2O4. The van der Waals surface area contributed by atoms with Gasteiger partial charge in [-0.1, -0.05) is 13.3 Å². The fraction of sp³-hybridized carbons (Fsp3) is 0.867. The monoisotopic (exact) mass is 300 g/mol. The smallest absolute Gasteiger partial charge is 0.407 e. The fourth-order valence-electron chi connectivity index (χ4n) is 2.82. The highest BCUT2D eigenvalue weighted by Crippen LogP contribution is 2.21. The van der Waals surface area contributed by atoms with Gasteiger partial charge in [0.1, 0.15) is 5.60 Å². The Bertz CT molecular complexity index is 365. The van der Waals surface area contributed by atoms with E-state index in [4.69, 9.17) is 9.84 Å². The number of hydrogen-bond acceptors (Lipinski definition) is 4. The van der Waals surface area contributed by atoms with Crippen LogP contribution in [0.2, 0.25) is 0 Å². The predicted molar refractivity (Wildman–Crippen MR) is 80.2 cm³/mol. The van der Waals surface area contributed by atoms with Crippen LogP contribution in [0, 0.1) is 5.92 Å². The van der Waals surface area contributed by atoms with Crippen LogP contribution in [0.4, 0.5) is 4.79 Å². The van der Waals surface area contributed by atoms with Crippen molar-refractivity contribution in [3.05, 3.63) is 0 Å². The third-order valence-electron chi connectivity index (χ3n) is 3.39. The topological polar surface area (TPSA) is 78.9 Å². The van der Waals surface area contributed by atoms with Gasteiger partial charge in [-0.15, -0.1) is 0 Å². The summed E-state index contributed by atoms with van der Waals surface area (Å²) in [7, 11) is 0. The van der Waals surface area contributed by atoms with E-state index in [1.54, 1.807) is 0 Å². The van der Waals surface area contributed by atoms with Crippen molar-refractivity contribution in [2.75, 3.05) is 19.6 Å². The van der Waals surface area contributed by atoms with Crippen molar-refractivity contribution in [3.8, 4) is 0 Å². The summed E-state index contributed by atoms with van der Waals surface area (Å²) in [6, 6.07) is -0.0514. The summed E-state index contributed by atoms with van der Waals surface area (Å²) in [4.78, 5) is 24.6. The highest BCUT2D eigenvalue weighted by atomic mass is 16.6. The number of nitrogens with zero attached hydrogens (tertiary/aromatic N) is 1. The van der Waals surface area contributed by atoms with Crippen molar-refractivity contribution in [3.63, 3.8) is 0 Å². The minimum Gasteiger partial charge on any atom is -0.480 e. The Morgan fingerprint density at radius 1 is 1.33 bits per heavy atom. The van der Waals surface area contributed by atoms with Crippen molar-refractivity contribution in [2.45, 2.75) is 58.6 Å². The summed E-state index contributed by atoms with van der Waals surface area (Å²) in [5.41, 5.74) is -0.525. The quantitative estimate of drug-likeness (QED) is 0.813. The first kappa shape index (κ1) is 17.8. The molecule has 1 rings (SSSR count). The number of hydrogen-bond donors (Lipinski definition) is 2. The van der Waals surface area contributed by atoms with Gasteiger partial charge in [-0.3, -0.25) is 9.69 Å². The lowest BCUT2D eigenvalue weighted by molar-refractivity contribution is -0.138. The number of carboxylic acids is 1. The minimum atomic E-state index is -0.830. The normalized spacial score (nSPS) is 23.6. The van der Waals surface area contributed by atoms with E-state index in [0.717, 1.165) is 25.8 Å². The number of ether oxygens (including phenoxy) is 1. The van der Waals surface area contributed by atoms with Gasteiger partial charge in [-0.25, -0.2) is 4.79 Å². The van der Waals surface area contributed by atoms with Crippen molar-refractivity contribution in [1.82, 2.24) is 10.2 Å². The lowest BCUT2D eigenvalue weighted by Crippen LogP contribution is -2.52. The SMILES string of the molecule is CCCC1CC(NC(=O)OC(C)(C)C)CN(CC(=O)O)C1. The maximum absolute atomic E-state index is 11.9. The standard InChI is InChI=1S/C15H28N2O4/c1-5-6-11-7-12(9-17(8-11)10-13(18)19)16-14(20)21-15(2,3)4/h11-12H,5-10H2,1-4H3,(H,16,20)(H,18,19). The average Bonchev–Trinajstić information content (AvgIpc) is 2.24. The zero-order valence-electron chi connectivity index (χ0n) is 13.5. The van der Waals surface area contributed by atoms with Crippen LogP contribution in [0.15, 0.2) is 0 Å². The number of alkyl carbamates (subject to hydrolysis) is 1. The van der Waals surface area contributed by atoms with E-state index >= 15 is 0 Å². The van der Waals surface area contributed by atoms with E-state index in [1.165, 1.54) is 0 Å². The zero-order valence-corrected chi connectivity index (χ0v) is 13.5. The Morgan fingerprint density at radius 3 is 2.52 bits per heavy atom. The summed E-state index contributed by atoms with van der Waals surface area (Å²) in [5, 5.41) is 11.8. The second-order valence-corrected chi connectivity index (χ2v) is 6.82. The van der Waals surface area contributed by atoms with Crippen LogP contribution in [0.1, 0.15) is 47.0 Å². The van der Waals surface area contributed by atoms with Gasteiger partial charge in [0.05, 0.1) is 6.54 Å². The van der Waals surface area contributed by atoms with Crippen LogP contribution in [0.3, 0.4) is 0 Å². The van der Waals surface area contributed by atoms with Crippen molar-refractivity contribution < 1.29 is 19.4 Å². The zero-order chi connectivity index (χ0) is 16.0. The molecule has 122 valence electrons. The molecule has 1 heterocycles. The van der Waals surface area contributed by atoms with Gasteiger partial charge in [0.2, 0.25) is 0 Å². The second-order valence-electron chi connectivity index (χ2n) is 6.82. The van der Waals surface area contributed by atoms with Gasteiger partial charge in [0, 0.05) is 19.1 Å². The molecule has 1 aliphatic heterocycles. The molecule has 0 bridgehead atoms. The highest BCUT2D eigenvalue weighted by Gasteiger charge is 2.29. The van der Waals surface area contributed by atoms with Gasteiger partial charge in [0.15, 0.2) is 0 Å². The van der Waals surface area contributed by atoms with E-state index in [-0.39, 0.29) is 12.6 Å². The lowest BCUT2D eigenvalue weighted by atomic mass is 9.90. The summed E-state index contributed by atoms with van der Waals surface area (Å²) >= 11 is 0. The summed E-state index contributed by atoms with van der Waals surface area (Å²) in [6.45, 7) is 8.95. The maximum Gasteiger partial charge on any atom is 0.407 e. The predicted octanol–water partition coefficient (Wildman–Crippen LogP) is 2.09. The molecule has 1 saturated heterocycles. The third kappa shape index (κ3) is 7.32. The number of rotatable bonds is 5. The molecule has 1 aliphatic rings. The van der Waals surface area contributed by atoms with Crippen LogP contribution in [0.25, 0.3) is 0 Å². The molecule has 0 radical (unpaired) electrons. The maximum atomic E-state index is 11.9. The number of carboxylic acid groups (broad SMARTS) is 1. The third-order valence-corrected chi connectivity index (χ3v) is 3.39. The van der Waals surface area contributed by atoms with Gasteiger partial charge < -0.3 is 15.2 Å². The van der Waals surface area contributed by atoms with E-state index in [9.17, 15) is 9.59 Å². The van der Waals surface area contributed by atoms with Crippen LogP contribution in [0.5, 0.6) is 0 Å². The number of carbonyl (C=O) groups is 2. The number of aliphatic carboxylic acids is 1.